The molecule has 1 aliphatic heterocycles. The molecule has 0 N–H and O–H groups in total. The molecule has 6 aromatic carbocycles. The van der Waals surface area contributed by atoms with E-state index in [4.69, 9.17) is 4.74 Å². The van der Waals surface area contributed by atoms with Gasteiger partial charge in [0.15, 0.2) is 0 Å². The van der Waals surface area contributed by atoms with Crippen LogP contribution in [-0.4, -0.2) is 5.60 Å². The van der Waals surface area contributed by atoms with Crippen LogP contribution in [0.5, 0.6) is 5.75 Å². The number of hydrogen-bond donors (Lipinski definition) is 0. The SMILES string of the molecule is Cc1ccc(-c2ccc3c(c2)C(c2ccccc2)(c2ccccc2)c2cccc(-c4ccccc4)c2-3)c2c1OC1(C)CC=CC=C21. The summed E-state index contributed by atoms with van der Waals surface area (Å²) in [7, 11) is 0. The summed E-state index contributed by atoms with van der Waals surface area (Å²) in [6.07, 6.45) is 7.53. The molecule has 0 bridgehead atoms. The molecule has 1 heterocycles. The largest absolute Gasteiger partial charge is 0.482 e. The Morgan fingerprint density at radius 1 is 0.565 bits per heavy atom. The lowest BCUT2D eigenvalue weighted by atomic mass is 9.67. The molecule has 2 aliphatic carbocycles. The van der Waals surface area contributed by atoms with Crippen molar-refractivity contribution in [2.24, 2.45) is 0 Å². The average Bonchev–Trinajstić information content (AvgIpc) is 3.60. The Labute approximate surface area is 271 Å². The van der Waals surface area contributed by atoms with Crippen LogP contribution in [0, 0.1) is 6.92 Å². The lowest BCUT2D eigenvalue weighted by Crippen LogP contribution is -2.29. The molecule has 1 heteroatoms. The molecule has 1 nitrogen and oxygen atoms in total. The third-order valence-corrected chi connectivity index (χ3v) is 10.4. The van der Waals surface area contributed by atoms with E-state index in [1.807, 2.05) is 0 Å². The number of aryl methyl sites for hydroxylation is 1. The summed E-state index contributed by atoms with van der Waals surface area (Å²) in [5.74, 6) is 1.02. The minimum atomic E-state index is -0.486. The van der Waals surface area contributed by atoms with Gasteiger partial charge in [-0.1, -0.05) is 152 Å². The number of benzene rings is 6. The predicted octanol–water partition coefficient (Wildman–Crippen LogP) is 11.2. The maximum Gasteiger partial charge on any atom is 0.135 e. The zero-order valence-corrected chi connectivity index (χ0v) is 26.1. The van der Waals surface area contributed by atoms with Crippen LogP contribution >= 0.6 is 0 Å². The summed E-state index contributed by atoms with van der Waals surface area (Å²) in [6.45, 7) is 4.39. The Morgan fingerprint density at radius 3 is 1.93 bits per heavy atom. The zero-order chi connectivity index (χ0) is 30.9. The second-order valence-corrected chi connectivity index (χ2v) is 13.0. The van der Waals surface area contributed by atoms with E-state index >= 15 is 0 Å². The molecule has 6 aromatic rings. The van der Waals surface area contributed by atoms with Gasteiger partial charge in [0.05, 0.1) is 5.41 Å². The van der Waals surface area contributed by atoms with E-state index in [-0.39, 0.29) is 5.60 Å². The second-order valence-electron chi connectivity index (χ2n) is 13.0. The van der Waals surface area contributed by atoms with E-state index in [0.717, 1.165) is 12.2 Å². The van der Waals surface area contributed by atoms with Crippen molar-refractivity contribution in [1.82, 2.24) is 0 Å². The van der Waals surface area contributed by atoms with E-state index in [2.05, 4.69) is 172 Å². The van der Waals surface area contributed by atoms with Crippen LogP contribution in [0.25, 0.3) is 39.0 Å². The van der Waals surface area contributed by atoms with Crippen LogP contribution in [-0.2, 0) is 5.41 Å². The molecule has 1 atom stereocenters. The monoisotopic (exact) mass is 590 g/mol. The highest BCUT2D eigenvalue weighted by Gasteiger charge is 2.47. The normalized spacial score (nSPS) is 18.2. The van der Waals surface area contributed by atoms with Crippen molar-refractivity contribution >= 4 is 5.57 Å². The first-order valence-electron chi connectivity index (χ1n) is 16.3. The Bertz CT molecular complexity index is 2170. The van der Waals surface area contributed by atoms with Gasteiger partial charge in [-0.05, 0) is 81.1 Å². The van der Waals surface area contributed by atoms with Gasteiger partial charge >= 0.3 is 0 Å². The molecule has 46 heavy (non-hydrogen) atoms. The summed E-state index contributed by atoms with van der Waals surface area (Å²) < 4.78 is 6.76. The number of ether oxygens (including phenoxy) is 1. The minimum absolute atomic E-state index is 0.340. The number of rotatable bonds is 4. The fourth-order valence-corrected chi connectivity index (χ4v) is 8.30. The molecule has 0 fully saturated rings. The van der Waals surface area contributed by atoms with Crippen molar-refractivity contribution in [2.45, 2.75) is 31.3 Å². The highest BCUT2D eigenvalue weighted by atomic mass is 16.5. The molecule has 220 valence electrons. The topological polar surface area (TPSA) is 9.23 Å². The first kappa shape index (κ1) is 27.0. The minimum Gasteiger partial charge on any atom is -0.482 e. The maximum absolute atomic E-state index is 6.76. The van der Waals surface area contributed by atoms with Gasteiger partial charge in [0.2, 0.25) is 0 Å². The molecule has 0 saturated heterocycles. The Kier molecular flexibility index (Phi) is 5.89. The van der Waals surface area contributed by atoms with Crippen LogP contribution < -0.4 is 4.74 Å². The molecule has 9 rings (SSSR count). The summed E-state index contributed by atoms with van der Waals surface area (Å²) in [6, 6.07) is 51.6. The van der Waals surface area contributed by atoms with Crippen molar-refractivity contribution in [3.63, 3.8) is 0 Å². The van der Waals surface area contributed by atoms with Crippen LogP contribution in [0.2, 0.25) is 0 Å². The van der Waals surface area contributed by atoms with Gasteiger partial charge < -0.3 is 4.74 Å². The van der Waals surface area contributed by atoms with Crippen molar-refractivity contribution < 1.29 is 4.74 Å². The Hall–Kier alpha value is -5.40. The van der Waals surface area contributed by atoms with Crippen LogP contribution in [0.15, 0.2) is 158 Å². The summed E-state index contributed by atoms with van der Waals surface area (Å²) >= 11 is 0. The highest BCUT2D eigenvalue weighted by Crippen LogP contribution is 2.60. The molecular weight excluding hydrogens is 556 g/mol. The third kappa shape index (κ3) is 3.69. The van der Waals surface area contributed by atoms with Crippen molar-refractivity contribution in [3.8, 4) is 39.1 Å². The molecule has 0 saturated carbocycles. The van der Waals surface area contributed by atoms with Crippen molar-refractivity contribution in [2.75, 3.05) is 0 Å². The molecule has 0 amide bonds. The fraction of sp³-hybridized carbons (Fsp3) is 0.111. The predicted molar refractivity (Wildman–Crippen MR) is 190 cm³/mol. The summed E-state index contributed by atoms with van der Waals surface area (Å²) in [4.78, 5) is 0. The van der Waals surface area contributed by atoms with E-state index in [1.54, 1.807) is 0 Å². The van der Waals surface area contributed by atoms with Gasteiger partial charge in [0, 0.05) is 17.6 Å². The molecule has 3 aliphatic rings. The van der Waals surface area contributed by atoms with Gasteiger partial charge in [-0.15, -0.1) is 0 Å². The van der Waals surface area contributed by atoms with Gasteiger partial charge in [-0.2, -0.15) is 0 Å². The van der Waals surface area contributed by atoms with Crippen molar-refractivity contribution in [3.05, 3.63) is 191 Å². The smallest absolute Gasteiger partial charge is 0.135 e. The van der Waals surface area contributed by atoms with E-state index < -0.39 is 5.41 Å². The first-order chi connectivity index (χ1) is 22.6. The van der Waals surface area contributed by atoms with Crippen LogP contribution in [0.4, 0.5) is 0 Å². The van der Waals surface area contributed by atoms with Gasteiger partial charge in [0.25, 0.3) is 0 Å². The van der Waals surface area contributed by atoms with E-state index in [9.17, 15) is 0 Å². The molecule has 0 aromatic heterocycles. The third-order valence-electron chi connectivity index (χ3n) is 10.4. The molecule has 0 radical (unpaired) electrons. The van der Waals surface area contributed by atoms with Crippen LogP contribution in [0.3, 0.4) is 0 Å². The first-order valence-corrected chi connectivity index (χ1v) is 16.3. The highest BCUT2D eigenvalue weighted by molar-refractivity contribution is 5.98. The molecule has 0 spiro atoms. The molecular formula is C45H34O. The van der Waals surface area contributed by atoms with Crippen LogP contribution in [0.1, 0.15) is 46.7 Å². The maximum atomic E-state index is 6.76. The average molecular weight is 591 g/mol. The number of fused-ring (bicyclic) bond motifs is 6. The second kappa shape index (κ2) is 10.1. The number of allylic oxidation sites excluding steroid dienone is 2. The zero-order valence-electron chi connectivity index (χ0n) is 26.1. The van der Waals surface area contributed by atoms with E-state index in [0.29, 0.717) is 0 Å². The Balaban J connectivity index is 1.38. The lowest BCUT2D eigenvalue weighted by molar-refractivity contribution is 0.169. The fourth-order valence-electron chi connectivity index (χ4n) is 8.30. The molecule has 1 unspecified atom stereocenters. The summed E-state index contributed by atoms with van der Waals surface area (Å²) in [5.41, 5.74) is 15.6. The Morgan fingerprint density at radius 2 is 1.22 bits per heavy atom. The van der Waals surface area contributed by atoms with Gasteiger partial charge in [-0.25, -0.2) is 0 Å². The quantitative estimate of drug-likeness (QED) is 0.198. The lowest BCUT2D eigenvalue weighted by Gasteiger charge is -2.34. The standard InChI is InChI=1S/C45H34O/c1-30-24-26-36(42-38-22-12-13-28-44(38,2)46-43(30)42)32-25-27-37-40(29-32)45(33-17-8-4-9-18-33,34-19-10-5-11-20-34)39-23-14-21-35(41(37)39)31-15-6-3-7-16-31/h3-27,29H,28H2,1-2H3. The van der Waals surface area contributed by atoms with Gasteiger partial charge in [0.1, 0.15) is 11.4 Å². The van der Waals surface area contributed by atoms with Crippen molar-refractivity contribution in [1.29, 1.82) is 0 Å². The van der Waals surface area contributed by atoms with E-state index in [1.165, 1.54) is 72.3 Å². The summed E-state index contributed by atoms with van der Waals surface area (Å²) in [5, 5.41) is 0. The number of hydrogen-bond acceptors (Lipinski definition) is 1. The van der Waals surface area contributed by atoms with Gasteiger partial charge in [-0.3, -0.25) is 0 Å².